The van der Waals surface area contributed by atoms with Crippen molar-refractivity contribution in [1.82, 2.24) is 0 Å². The largest absolute Gasteiger partial charge is 0.394 e. The van der Waals surface area contributed by atoms with Crippen LogP contribution in [0.15, 0.2) is 30.3 Å². The molecule has 1 saturated heterocycles. The molecule has 2 N–H and O–H groups in total. The summed E-state index contributed by atoms with van der Waals surface area (Å²) in [7, 11) is 0. The highest BCUT2D eigenvalue weighted by molar-refractivity contribution is 5.13. The molecule has 1 aromatic carbocycles. The molecule has 1 aromatic rings. The Morgan fingerprint density at radius 2 is 1.89 bits per heavy atom. The minimum atomic E-state index is -0.693. The molecule has 0 radical (unpaired) electrons. The molecule has 4 nitrogen and oxygen atoms in total. The predicted octanol–water partition coefficient (Wildman–Crippen LogP) is 1.35. The quantitative estimate of drug-likeness (QED) is 0.863. The third-order valence-corrected chi connectivity index (χ3v) is 3.76. The van der Waals surface area contributed by atoms with Gasteiger partial charge in [0.25, 0.3) is 0 Å². The summed E-state index contributed by atoms with van der Waals surface area (Å²) < 4.78 is 11.5. The van der Waals surface area contributed by atoms with Crippen LogP contribution in [-0.2, 0) is 16.1 Å². The lowest BCUT2D eigenvalue weighted by Gasteiger charge is -2.42. The minimum absolute atomic E-state index is 0.0652. The Balaban J connectivity index is 1.96. The van der Waals surface area contributed by atoms with E-state index in [-0.39, 0.29) is 24.7 Å². The highest BCUT2D eigenvalue weighted by Gasteiger charge is 2.41. The van der Waals surface area contributed by atoms with Crippen LogP contribution >= 0.6 is 0 Å². The maximum Gasteiger partial charge on any atom is 0.107 e. The van der Waals surface area contributed by atoms with Gasteiger partial charge in [-0.3, -0.25) is 0 Å². The molecular formula is C15H22O4. The summed E-state index contributed by atoms with van der Waals surface area (Å²) in [5.74, 6) is -0.0652. The molecule has 2 rings (SSSR count). The summed E-state index contributed by atoms with van der Waals surface area (Å²) in [5.41, 5.74) is 1.10. The van der Waals surface area contributed by atoms with Crippen LogP contribution in [-0.4, -0.2) is 41.2 Å². The topological polar surface area (TPSA) is 58.9 Å². The van der Waals surface area contributed by atoms with E-state index in [1.54, 1.807) is 0 Å². The summed E-state index contributed by atoms with van der Waals surface area (Å²) in [4.78, 5) is 0. The average Bonchev–Trinajstić information content (AvgIpc) is 2.44. The van der Waals surface area contributed by atoms with Gasteiger partial charge in [-0.05, 0) is 12.5 Å². The third-order valence-electron chi connectivity index (χ3n) is 3.76. The third kappa shape index (κ3) is 3.34. The van der Waals surface area contributed by atoms with Crippen LogP contribution in [0.2, 0.25) is 0 Å². The fourth-order valence-electron chi connectivity index (χ4n) is 2.60. The maximum absolute atomic E-state index is 10.1. The molecule has 0 spiro atoms. The highest BCUT2D eigenvalue weighted by Crippen LogP contribution is 2.28. The lowest BCUT2D eigenvalue weighted by Crippen LogP contribution is -2.54. The first-order chi connectivity index (χ1) is 9.13. The monoisotopic (exact) mass is 266 g/mol. The number of aliphatic hydroxyl groups is 2. The fourth-order valence-corrected chi connectivity index (χ4v) is 2.60. The standard InChI is InChI=1S/C15H22O4/c1-10-14(17)13(8-16)19-11(2)15(10)18-9-12-6-4-3-5-7-12/h3-7,10-11,13-17H,8-9H2,1-2H3/t10-,11+,13?,14-,15?/m0/s1. The number of rotatable bonds is 4. The van der Waals surface area contributed by atoms with Gasteiger partial charge in [-0.1, -0.05) is 37.3 Å². The van der Waals surface area contributed by atoms with Crippen molar-refractivity contribution in [2.24, 2.45) is 5.92 Å². The van der Waals surface area contributed by atoms with Crippen LogP contribution in [0.25, 0.3) is 0 Å². The lowest BCUT2D eigenvalue weighted by atomic mass is 9.88. The lowest BCUT2D eigenvalue weighted by molar-refractivity contribution is -0.216. The second kappa shape index (κ2) is 6.48. The van der Waals surface area contributed by atoms with Crippen LogP contribution in [0, 0.1) is 5.92 Å². The van der Waals surface area contributed by atoms with Crippen LogP contribution in [0.1, 0.15) is 19.4 Å². The first-order valence-corrected chi connectivity index (χ1v) is 6.73. The molecule has 1 aliphatic rings. The molecule has 1 heterocycles. The molecule has 0 aliphatic carbocycles. The second-order valence-electron chi connectivity index (χ2n) is 5.17. The zero-order chi connectivity index (χ0) is 13.8. The molecule has 0 amide bonds. The Bertz CT molecular complexity index is 381. The molecule has 1 fully saturated rings. The van der Waals surface area contributed by atoms with E-state index < -0.39 is 12.2 Å². The van der Waals surface area contributed by atoms with Gasteiger partial charge in [-0.25, -0.2) is 0 Å². The van der Waals surface area contributed by atoms with Crippen LogP contribution < -0.4 is 0 Å². The number of hydrogen-bond acceptors (Lipinski definition) is 4. The molecule has 0 aromatic heterocycles. The van der Waals surface area contributed by atoms with Gasteiger partial charge in [0.2, 0.25) is 0 Å². The molecule has 0 bridgehead atoms. The molecule has 19 heavy (non-hydrogen) atoms. The van der Waals surface area contributed by atoms with Crippen molar-refractivity contribution in [3.05, 3.63) is 35.9 Å². The molecule has 2 unspecified atom stereocenters. The zero-order valence-corrected chi connectivity index (χ0v) is 11.4. The average molecular weight is 266 g/mol. The van der Waals surface area contributed by atoms with Crippen LogP contribution in [0.5, 0.6) is 0 Å². The van der Waals surface area contributed by atoms with Crippen molar-refractivity contribution in [1.29, 1.82) is 0 Å². The van der Waals surface area contributed by atoms with Gasteiger partial charge in [0, 0.05) is 5.92 Å². The Hall–Kier alpha value is -0.940. The molecule has 5 atom stereocenters. The maximum atomic E-state index is 10.1. The van der Waals surface area contributed by atoms with Gasteiger partial charge >= 0.3 is 0 Å². The summed E-state index contributed by atoms with van der Waals surface area (Å²) in [5, 5.41) is 19.2. The van der Waals surface area contributed by atoms with Crippen molar-refractivity contribution >= 4 is 0 Å². The van der Waals surface area contributed by atoms with Gasteiger partial charge < -0.3 is 19.7 Å². The summed E-state index contributed by atoms with van der Waals surface area (Å²) in [6, 6.07) is 9.92. The first-order valence-electron chi connectivity index (χ1n) is 6.73. The Kier molecular flexibility index (Phi) is 4.93. The Morgan fingerprint density at radius 3 is 2.53 bits per heavy atom. The van der Waals surface area contributed by atoms with Crippen molar-refractivity contribution < 1.29 is 19.7 Å². The summed E-state index contributed by atoms with van der Waals surface area (Å²) in [6.07, 6.45) is -1.51. The smallest absolute Gasteiger partial charge is 0.107 e. The highest BCUT2D eigenvalue weighted by atomic mass is 16.6. The number of hydrogen-bond donors (Lipinski definition) is 2. The normalized spacial score (nSPS) is 35.3. The van der Waals surface area contributed by atoms with E-state index in [1.165, 1.54) is 0 Å². The van der Waals surface area contributed by atoms with E-state index in [4.69, 9.17) is 14.6 Å². The number of aliphatic hydroxyl groups excluding tert-OH is 2. The van der Waals surface area contributed by atoms with Crippen LogP contribution in [0.4, 0.5) is 0 Å². The second-order valence-corrected chi connectivity index (χ2v) is 5.17. The van der Waals surface area contributed by atoms with Gasteiger partial charge in [-0.2, -0.15) is 0 Å². The summed E-state index contributed by atoms with van der Waals surface area (Å²) in [6.45, 7) is 4.18. The molecule has 106 valence electrons. The predicted molar refractivity (Wildman–Crippen MR) is 71.6 cm³/mol. The van der Waals surface area contributed by atoms with Gasteiger partial charge in [-0.15, -0.1) is 0 Å². The van der Waals surface area contributed by atoms with E-state index in [1.807, 2.05) is 44.2 Å². The van der Waals surface area contributed by atoms with Crippen LogP contribution in [0.3, 0.4) is 0 Å². The SMILES string of the molecule is C[C@@H]1C(OCc2ccccc2)[C@@H](C)OC(CO)[C@H]1O. The molecule has 0 saturated carbocycles. The molecular weight excluding hydrogens is 244 g/mol. The van der Waals surface area contributed by atoms with Crippen molar-refractivity contribution in [2.45, 2.75) is 44.9 Å². The van der Waals surface area contributed by atoms with E-state index >= 15 is 0 Å². The summed E-state index contributed by atoms with van der Waals surface area (Å²) >= 11 is 0. The van der Waals surface area contributed by atoms with E-state index in [0.717, 1.165) is 5.56 Å². The minimum Gasteiger partial charge on any atom is -0.394 e. The Labute approximate surface area is 114 Å². The molecule has 4 heteroatoms. The number of ether oxygens (including phenoxy) is 2. The zero-order valence-electron chi connectivity index (χ0n) is 11.4. The number of benzene rings is 1. The van der Waals surface area contributed by atoms with Crippen molar-refractivity contribution in [2.75, 3.05) is 6.61 Å². The van der Waals surface area contributed by atoms with E-state index in [9.17, 15) is 5.11 Å². The van der Waals surface area contributed by atoms with Gasteiger partial charge in [0.1, 0.15) is 6.10 Å². The van der Waals surface area contributed by atoms with E-state index in [2.05, 4.69) is 0 Å². The first kappa shape index (κ1) is 14.5. The van der Waals surface area contributed by atoms with Gasteiger partial charge in [0.05, 0.1) is 31.5 Å². The van der Waals surface area contributed by atoms with Crippen molar-refractivity contribution in [3.63, 3.8) is 0 Å². The van der Waals surface area contributed by atoms with E-state index in [0.29, 0.717) is 6.61 Å². The van der Waals surface area contributed by atoms with Gasteiger partial charge in [0.15, 0.2) is 0 Å². The molecule has 1 aliphatic heterocycles. The Morgan fingerprint density at radius 1 is 1.21 bits per heavy atom. The fraction of sp³-hybridized carbons (Fsp3) is 0.600. The van der Waals surface area contributed by atoms with Crippen molar-refractivity contribution in [3.8, 4) is 0 Å².